The van der Waals surface area contributed by atoms with Gasteiger partial charge in [-0.05, 0) is 36.7 Å². The minimum absolute atomic E-state index is 0.00256. The second kappa shape index (κ2) is 5.15. The third-order valence-electron chi connectivity index (χ3n) is 3.11. The Bertz CT molecular complexity index is 561. The molecule has 1 saturated heterocycles. The fraction of sp³-hybridized carbons (Fsp3) is 0.333. The molecule has 1 amide bonds. The molecule has 1 aliphatic heterocycles. The molecule has 0 saturated carbocycles. The number of aromatic amines is 1. The zero-order valence-corrected chi connectivity index (χ0v) is 10.3. The Balaban J connectivity index is 1.74. The third-order valence-corrected chi connectivity index (χ3v) is 3.11. The predicted octanol–water partition coefficient (Wildman–Crippen LogP) is 0.557. The van der Waals surface area contributed by atoms with Crippen molar-refractivity contribution in [2.24, 2.45) is 0 Å². The van der Waals surface area contributed by atoms with Gasteiger partial charge in [-0.1, -0.05) is 12.1 Å². The molecule has 3 N–H and O–H groups in total. The summed E-state index contributed by atoms with van der Waals surface area (Å²) < 4.78 is 0. The molecule has 1 fully saturated rings. The summed E-state index contributed by atoms with van der Waals surface area (Å²) in [6.45, 7) is 0.904. The lowest BCUT2D eigenvalue weighted by molar-refractivity contribution is -0.117. The van der Waals surface area contributed by atoms with Crippen LogP contribution in [0.2, 0.25) is 0 Å². The fourth-order valence-corrected chi connectivity index (χ4v) is 2.16. The molecule has 19 heavy (non-hydrogen) atoms. The van der Waals surface area contributed by atoms with Gasteiger partial charge in [0.2, 0.25) is 11.7 Å². The number of nitrogens with one attached hydrogen (secondary N) is 3. The first-order chi connectivity index (χ1) is 9.33. The van der Waals surface area contributed by atoms with Crippen LogP contribution in [-0.4, -0.2) is 39.1 Å². The van der Waals surface area contributed by atoms with Gasteiger partial charge in [-0.25, -0.2) is 0 Å². The lowest BCUT2D eigenvalue weighted by atomic mass is 10.1. The van der Waals surface area contributed by atoms with Crippen molar-refractivity contribution in [3.05, 3.63) is 24.3 Å². The van der Waals surface area contributed by atoms with Crippen molar-refractivity contribution in [3.8, 4) is 11.4 Å². The van der Waals surface area contributed by atoms with Crippen molar-refractivity contribution >= 4 is 11.6 Å². The Kier molecular flexibility index (Phi) is 3.20. The molecule has 2 heterocycles. The summed E-state index contributed by atoms with van der Waals surface area (Å²) >= 11 is 0. The van der Waals surface area contributed by atoms with E-state index in [0.29, 0.717) is 5.82 Å². The molecule has 2 aromatic rings. The summed E-state index contributed by atoms with van der Waals surface area (Å²) in [4.78, 5) is 12.0. The van der Waals surface area contributed by atoms with Crippen LogP contribution in [-0.2, 0) is 4.79 Å². The second-order valence-corrected chi connectivity index (χ2v) is 4.45. The van der Waals surface area contributed by atoms with Gasteiger partial charge in [-0.3, -0.25) is 4.79 Å². The van der Waals surface area contributed by atoms with Crippen LogP contribution in [0.5, 0.6) is 0 Å². The maximum Gasteiger partial charge on any atom is 0.241 e. The van der Waals surface area contributed by atoms with E-state index >= 15 is 0 Å². The average Bonchev–Trinajstić information content (AvgIpc) is 3.13. The van der Waals surface area contributed by atoms with Gasteiger partial charge >= 0.3 is 0 Å². The summed E-state index contributed by atoms with van der Waals surface area (Å²) in [7, 11) is 0. The van der Waals surface area contributed by atoms with E-state index < -0.39 is 0 Å². The molecule has 0 radical (unpaired) electrons. The molecule has 1 atom stereocenters. The number of aromatic nitrogens is 4. The first kappa shape index (κ1) is 11.8. The molecular formula is C12H14N6O. The normalized spacial score (nSPS) is 18.4. The van der Waals surface area contributed by atoms with Crippen LogP contribution in [0.1, 0.15) is 12.8 Å². The molecule has 0 unspecified atom stereocenters. The van der Waals surface area contributed by atoms with E-state index in [4.69, 9.17) is 0 Å². The van der Waals surface area contributed by atoms with Crippen molar-refractivity contribution in [2.45, 2.75) is 18.9 Å². The number of carbonyl (C=O) groups is 1. The first-order valence-corrected chi connectivity index (χ1v) is 6.21. The third kappa shape index (κ3) is 2.60. The Morgan fingerprint density at radius 2 is 2.37 bits per heavy atom. The maximum absolute atomic E-state index is 12.0. The summed E-state index contributed by atoms with van der Waals surface area (Å²) in [6, 6.07) is 7.31. The molecule has 7 heteroatoms. The van der Waals surface area contributed by atoms with Crippen LogP contribution >= 0.6 is 0 Å². The van der Waals surface area contributed by atoms with Gasteiger partial charge in [0.15, 0.2) is 0 Å². The monoisotopic (exact) mass is 258 g/mol. The van der Waals surface area contributed by atoms with E-state index in [1.165, 1.54) is 0 Å². The fourth-order valence-electron chi connectivity index (χ4n) is 2.16. The predicted molar refractivity (Wildman–Crippen MR) is 69.3 cm³/mol. The summed E-state index contributed by atoms with van der Waals surface area (Å²) in [5, 5.41) is 19.8. The zero-order chi connectivity index (χ0) is 13.1. The van der Waals surface area contributed by atoms with Gasteiger partial charge in [0.1, 0.15) is 0 Å². The number of amides is 1. The molecule has 0 spiro atoms. The van der Waals surface area contributed by atoms with E-state index in [-0.39, 0.29) is 11.9 Å². The number of benzene rings is 1. The molecule has 1 aromatic carbocycles. The van der Waals surface area contributed by atoms with E-state index in [2.05, 4.69) is 31.3 Å². The molecule has 1 aromatic heterocycles. The van der Waals surface area contributed by atoms with E-state index in [1.807, 2.05) is 24.3 Å². The Morgan fingerprint density at radius 1 is 1.42 bits per heavy atom. The van der Waals surface area contributed by atoms with Crippen molar-refractivity contribution in [3.63, 3.8) is 0 Å². The highest BCUT2D eigenvalue weighted by Gasteiger charge is 2.21. The van der Waals surface area contributed by atoms with Crippen LogP contribution in [0.15, 0.2) is 24.3 Å². The number of tetrazole rings is 1. The average molecular weight is 258 g/mol. The number of H-pyrrole nitrogens is 1. The number of carbonyl (C=O) groups excluding carboxylic acids is 1. The highest BCUT2D eigenvalue weighted by Crippen LogP contribution is 2.19. The zero-order valence-electron chi connectivity index (χ0n) is 10.3. The quantitative estimate of drug-likeness (QED) is 0.747. The van der Waals surface area contributed by atoms with Crippen molar-refractivity contribution in [1.82, 2.24) is 25.9 Å². The molecule has 7 nitrogen and oxygen atoms in total. The minimum Gasteiger partial charge on any atom is -0.325 e. The van der Waals surface area contributed by atoms with E-state index in [9.17, 15) is 4.79 Å². The van der Waals surface area contributed by atoms with Crippen LogP contribution in [0.25, 0.3) is 11.4 Å². The highest BCUT2D eigenvalue weighted by atomic mass is 16.2. The molecule has 3 rings (SSSR count). The standard InChI is InChI=1S/C12H14N6O/c19-12(10-5-2-6-13-10)14-9-4-1-3-8(7-9)11-15-17-18-16-11/h1,3-4,7,10,13H,2,5-6H2,(H,14,19)(H,15,16,17,18)/t10-/m1/s1. The SMILES string of the molecule is O=C(Nc1cccc(-c2nn[nH]n2)c1)[C@H]1CCCN1. The molecular weight excluding hydrogens is 244 g/mol. The van der Waals surface area contributed by atoms with Gasteiger partial charge < -0.3 is 10.6 Å². The van der Waals surface area contributed by atoms with Gasteiger partial charge in [0.05, 0.1) is 6.04 Å². The maximum atomic E-state index is 12.0. The first-order valence-electron chi connectivity index (χ1n) is 6.21. The van der Waals surface area contributed by atoms with Gasteiger partial charge in [0.25, 0.3) is 0 Å². The lowest BCUT2D eigenvalue weighted by Crippen LogP contribution is -2.35. The van der Waals surface area contributed by atoms with Crippen LogP contribution in [0.4, 0.5) is 5.69 Å². The van der Waals surface area contributed by atoms with Crippen molar-refractivity contribution in [2.75, 3.05) is 11.9 Å². The Morgan fingerprint density at radius 3 is 3.11 bits per heavy atom. The number of hydrogen-bond acceptors (Lipinski definition) is 5. The summed E-state index contributed by atoms with van der Waals surface area (Å²) in [5.41, 5.74) is 1.55. The topological polar surface area (TPSA) is 95.6 Å². The molecule has 0 aliphatic carbocycles. The number of rotatable bonds is 3. The van der Waals surface area contributed by atoms with Crippen molar-refractivity contribution < 1.29 is 4.79 Å². The number of anilines is 1. The van der Waals surface area contributed by atoms with Crippen LogP contribution in [0, 0.1) is 0 Å². The summed E-state index contributed by atoms with van der Waals surface area (Å²) in [5.74, 6) is 0.512. The molecule has 1 aliphatic rings. The van der Waals surface area contributed by atoms with E-state index in [1.54, 1.807) is 0 Å². The number of nitrogens with zero attached hydrogens (tertiary/aromatic N) is 3. The van der Waals surface area contributed by atoms with Crippen LogP contribution < -0.4 is 10.6 Å². The molecule has 0 bridgehead atoms. The highest BCUT2D eigenvalue weighted by molar-refractivity contribution is 5.95. The molecule has 98 valence electrons. The second-order valence-electron chi connectivity index (χ2n) is 4.45. The van der Waals surface area contributed by atoms with E-state index in [0.717, 1.165) is 30.6 Å². The largest absolute Gasteiger partial charge is 0.325 e. The van der Waals surface area contributed by atoms with Gasteiger partial charge in [-0.2, -0.15) is 5.21 Å². The lowest BCUT2D eigenvalue weighted by Gasteiger charge is -2.11. The van der Waals surface area contributed by atoms with Crippen molar-refractivity contribution in [1.29, 1.82) is 0 Å². The Hall–Kier alpha value is -2.28. The van der Waals surface area contributed by atoms with Gasteiger partial charge in [0, 0.05) is 11.3 Å². The summed E-state index contributed by atoms with van der Waals surface area (Å²) in [6.07, 6.45) is 1.93. The smallest absolute Gasteiger partial charge is 0.241 e. The van der Waals surface area contributed by atoms with Gasteiger partial charge in [-0.15, -0.1) is 10.2 Å². The Labute approximate surface area is 109 Å². The number of hydrogen-bond donors (Lipinski definition) is 3. The minimum atomic E-state index is -0.0890. The van der Waals surface area contributed by atoms with Crippen LogP contribution in [0.3, 0.4) is 0 Å².